The van der Waals surface area contributed by atoms with Gasteiger partial charge in [0.25, 0.3) is 5.91 Å². The highest BCUT2D eigenvalue weighted by Crippen LogP contribution is 2.23. The van der Waals surface area contributed by atoms with Crippen LogP contribution in [0.2, 0.25) is 0 Å². The Bertz CT molecular complexity index is 1100. The molecule has 3 rings (SSSR count). The largest absolute Gasteiger partial charge is 0.378 e. The van der Waals surface area contributed by atoms with E-state index in [2.05, 4.69) is 67.6 Å². The van der Waals surface area contributed by atoms with Crippen molar-refractivity contribution in [3.8, 4) is 0 Å². The van der Waals surface area contributed by atoms with E-state index in [1.54, 1.807) is 12.3 Å². The van der Waals surface area contributed by atoms with Gasteiger partial charge < -0.3 is 9.88 Å². The highest BCUT2D eigenvalue weighted by molar-refractivity contribution is 9.10. The van der Waals surface area contributed by atoms with Gasteiger partial charge in [0, 0.05) is 16.7 Å². The molecule has 0 saturated heterocycles. The van der Waals surface area contributed by atoms with E-state index in [4.69, 9.17) is 0 Å². The summed E-state index contributed by atoms with van der Waals surface area (Å²) in [6.07, 6.45) is 3.39. The number of nitrogens with one attached hydrogen (secondary N) is 2. The molecule has 1 aromatic heterocycles. The standard InChI is InChI=1S/C23H25BrN6OS/c1-4-12-30-21(15-25-20-10-8-16(2)9-11-20)27-29-23(30)32-17(3)22(31)28-26-14-18-6-5-7-19(24)13-18/h4-11,13-14,17,25H,1,12,15H2,2-3H3,(H,28,31). The summed E-state index contributed by atoms with van der Waals surface area (Å²) in [5.74, 6) is 0.557. The van der Waals surface area contributed by atoms with Crippen LogP contribution in [0.15, 0.2) is 75.9 Å². The summed E-state index contributed by atoms with van der Waals surface area (Å²) in [4.78, 5) is 12.5. The van der Waals surface area contributed by atoms with Gasteiger partial charge in [0.1, 0.15) is 0 Å². The Kier molecular flexibility index (Phi) is 8.64. The second kappa shape index (κ2) is 11.6. The van der Waals surface area contributed by atoms with E-state index < -0.39 is 5.25 Å². The van der Waals surface area contributed by atoms with E-state index >= 15 is 0 Å². The minimum Gasteiger partial charge on any atom is -0.378 e. The highest BCUT2D eigenvalue weighted by atomic mass is 79.9. The van der Waals surface area contributed by atoms with Crippen LogP contribution in [-0.4, -0.2) is 32.1 Å². The molecule has 2 N–H and O–H groups in total. The first-order chi connectivity index (χ1) is 15.5. The number of hydrogen-bond donors (Lipinski definition) is 2. The van der Waals surface area contributed by atoms with E-state index in [1.807, 2.05) is 47.9 Å². The van der Waals surface area contributed by atoms with E-state index in [1.165, 1.54) is 17.3 Å². The Morgan fingerprint density at radius 2 is 2.06 bits per heavy atom. The van der Waals surface area contributed by atoms with E-state index in [9.17, 15) is 4.79 Å². The number of aryl methyl sites for hydroxylation is 1. The molecular formula is C23H25BrN6OS. The number of amides is 1. The number of hydrazone groups is 1. The molecule has 0 fully saturated rings. The van der Waals surface area contributed by atoms with Crippen molar-refractivity contribution >= 4 is 45.5 Å². The Morgan fingerprint density at radius 3 is 2.78 bits per heavy atom. The fourth-order valence-corrected chi connectivity index (χ4v) is 4.05. The van der Waals surface area contributed by atoms with Crippen molar-refractivity contribution in [1.29, 1.82) is 0 Å². The van der Waals surface area contributed by atoms with Crippen LogP contribution >= 0.6 is 27.7 Å². The minimum atomic E-state index is -0.402. The molecule has 7 nitrogen and oxygen atoms in total. The van der Waals surface area contributed by atoms with E-state index in [0.29, 0.717) is 18.2 Å². The average Bonchev–Trinajstić information content (AvgIpc) is 3.15. The molecule has 0 aliphatic carbocycles. The maximum atomic E-state index is 12.5. The molecule has 32 heavy (non-hydrogen) atoms. The third kappa shape index (κ3) is 6.80. The number of aromatic nitrogens is 3. The summed E-state index contributed by atoms with van der Waals surface area (Å²) >= 11 is 4.74. The Balaban J connectivity index is 1.60. The number of halogens is 1. The van der Waals surface area contributed by atoms with Crippen molar-refractivity contribution in [2.45, 2.75) is 37.3 Å². The van der Waals surface area contributed by atoms with Crippen LogP contribution in [-0.2, 0) is 17.9 Å². The summed E-state index contributed by atoms with van der Waals surface area (Å²) < 4.78 is 2.90. The van der Waals surface area contributed by atoms with Gasteiger partial charge in [-0.1, -0.05) is 63.6 Å². The van der Waals surface area contributed by atoms with Crippen LogP contribution < -0.4 is 10.7 Å². The molecule has 1 atom stereocenters. The quantitative estimate of drug-likeness (QED) is 0.177. The van der Waals surface area contributed by atoms with Gasteiger partial charge in [0.2, 0.25) is 0 Å². The summed E-state index contributed by atoms with van der Waals surface area (Å²) in [6.45, 7) is 8.76. The predicted molar refractivity (Wildman–Crippen MR) is 134 cm³/mol. The maximum absolute atomic E-state index is 12.5. The third-order valence-electron chi connectivity index (χ3n) is 4.50. The Hall–Kier alpha value is -2.91. The van der Waals surface area contributed by atoms with Gasteiger partial charge in [-0.15, -0.1) is 16.8 Å². The van der Waals surface area contributed by atoms with Crippen molar-refractivity contribution in [1.82, 2.24) is 20.2 Å². The molecular weight excluding hydrogens is 488 g/mol. The molecule has 2 aromatic carbocycles. The number of anilines is 1. The lowest BCUT2D eigenvalue weighted by molar-refractivity contribution is -0.120. The fourth-order valence-electron chi connectivity index (χ4n) is 2.76. The number of carbonyl (C=O) groups is 1. The van der Waals surface area contributed by atoms with Crippen LogP contribution in [0, 0.1) is 6.92 Å². The van der Waals surface area contributed by atoms with Gasteiger partial charge in [-0.2, -0.15) is 5.10 Å². The molecule has 0 aliphatic heterocycles. The Labute approximate surface area is 200 Å². The predicted octanol–water partition coefficient (Wildman–Crippen LogP) is 4.78. The van der Waals surface area contributed by atoms with Crippen LogP contribution in [0.4, 0.5) is 5.69 Å². The van der Waals surface area contributed by atoms with E-state index in [-0.39, 0.29) is 5.91 Å². The first kappa shape index (κ1) is 23.7. The average molecular weight is 513 g/mol. The van der Waals surface area contributed by atoms with Gasteiger partial charge in [0.15, 0.2) is 11.0 Å². The zero-order valence-electron chi connectivity index (χ0n) is 18.0. The first-order valence-electron chi connectivity index (χ1n) is 10.0. The van der Waals surface area contributed by atoms with Crippen molar-refractivity contribution in [3.63, 3.8) is 0 Å². The molecule has 1 unspecified atom stereocenters. The van der Waals surface area contributed by atoms with Crippen molar-refractivity contribution in [3.05, 3.63) is 82.6 Å². The maximum Gasteiger partial charge on any atom is 0.253 e. The smallest absolute Gasteiger partial charge is 0.253 e. The van der Waals surface area contributed by atoms with E-state index in [0.717, 1.165) is 21.5 Å². The molecule has 1 heterocycles. The van der Waals surface area contributed by atoms with Crippen LogP contribution in [0.5, 0.6) is 0 Å². The lowest BCUT2D eigenvalue weighted by atomic mass is 10.2. The highest BCUT2D eigenvalue weighted by Gasteiger charge is 2.19. The monoisotopic (exact) mass is 512 g/mol. The normalized spacial score (nSPS) is 12.0. The van der Waals surface area contributed by atoms with Gasteiger partial charge in [0.05, 0.1) is 18.0 Å². The number of carbonyl (C=O) groups excluding carboxylic acids is 1. The SMILES string of the molecule is C=CCn1c(CNc2ccc(C)cc2)nnc1SC(C)C(=O)NN=Cc1cccc(Br)c1. The lowest BCUT2D eigenvalue weighted by Crippen LogP contribution is -2.27. The summed E-state index contributed by atoms with van der Waals surface area (Å²) in [7, 11) is 0. The molecule has 3 aromatic rings. The second-order valence-electron chi connectivity index (χ2n) is 7.07. The molecule has 0 spiro atoms. The number of benzene rings is 2. The van der Waals surface area contributed by atoms with Gasteiger partial charge in [-0.25, -0.2) is 5.43 Å². The van der Waals surface area contributed by atoms with Crippen LogP contribution in [0.1, 0.15) is 23.9 Å². The molecule has 166 valence electrons. The number of nitrogens with zero attached hydrogens (tertiary/aromatic N) is 4. The molecule has 0 aliphatic rings. The fraction of sp³-hybridized carbons (Fsp3) is 0.217. The molecule has 0 radical (unpaired) electrons. The number of thioether (sulfide) groups is 1. The van der Waals surface area contributed by atoms with Crippen molar-refractivity contribution in [2.24, 2.45) is 5.10 Å². The van der Waals surface area contributed by atoms with Gasteiger partial charge >= 0.3 is 0 Å². The number of rotatable bonds is 10. The summed E-state index contributed by atoms with van der Waals surface area (Å²) in [5, 5.41) is 16.3. The zero-order valence-corrected chi connectivity index (χ0v) is 20.4. The van der Waals surface area contributed by atoms with Crippen LogP contribution in [0.25, 0.3) is 0 Å². The molecule has 1 amide bonds. The van der Waals surface area contributed by atoms with Gasteiger partial charge in [-0.3, -0.25) is 4.79 Å². The van der Waals surface area contributed by atoms with Crippen LogP contribution in [0.3, 0.4) is 0 Å². The third-order valence-corrected chi connectivity index (χ3v) is 6.07. The zero-order chi connectivity index (χ0) is 22.9. The second-order valence-corrected chi connectivity index (χ2v) is 9.29. The Morgan fingerprint density at radius 1 is 1.28 bits per heavy atom. The summed E-state index contributed by atoms with van der Waals surface area (Å²) in [5.41, 5.74) is 5.68. The first-order valence-corrected chi connectivity index (χ1v) is 11.7. The van der Waals surface area contributed by atoms with Crippen molar-refractivity contribution < 1.29 is 4.79 Å². The number of hydrogen-bond acceptors (Lipinski definition) is 6. The minimum absolute atomic E-state index is 0.214. The number of allylic oxidation sites excluding steroid dienone is 1. The van der Waals surface area contributed by atoms with Gasteiger partial charge in [-0.05, 0) is 43.7 Å². The molecule has 9 heteroatoms. The summed E-state index contributed by atoms with van der Waals surface area (Å²) in [6, 6.07) is 15.8. The molecule has 0 saturated carbocycles. The topological polar surface area (TPSA) is 84.2 Å². The van der Waals surface area contributed by atoms with Crippen molar-refractivity contribution in [2.75, 3.05) is 5.32 Å². The lowest BCUT2D eigenvalue weighted by Gasteiger charge is -2.12. The molecule has 0 bridgehead atoms.